The summed E-state index contributed by atoms with van der Waals surface area (Å²) in [5.41, 5.74) is 2.23. The summed E-state index contributed by atoms with van der Waals surface area (Å²) in [4.78, 5) is 24.8. The zero-order valence-electron chi connectivity index (χ0n) is 15.4. The molecule has 1 heterocycles. The molecule has 0 atom stereocenters. The average Bonchev–Trinajstić information content (AvgIpc) is 3.03. The van der Waals surface area contributed by atoms with Crippen LogP contribution < -0.4 is 10.6 Å². The van der Waals surface area contributed by atoms with E-state index in [2.05, 4.69) is 22.7 Å². The van der Waals surface area contributed by atoms with Crippen LogP contribution in [0, 0.1) is 5.92 Å². The lowest BCUT2D eigenvalue weighted by Gasteiger charge is -2.20. The van der Waals surface area contributed by atoms with Gasteiger partial charge in [-0.3, -0.25) is 14.3 Å². The summed E-state index contributed by atoms with van der Waals surface area (Å²) in [5, 5.41) is 9.98. The second-order valence-electron chi connectivity index (χ2n) is 6.87. The van der Waals surface area contributed by atoms with Gasteiger partial charge in [-0.05, 0) is 37.0 Å². The third-order valence-electron chi connectivity index (χ3n) is 4.96. The number of carbonyl (C=O) groups excluding carboxylic acids is 2. The zero-order valence-corrected chi connectivity index (χ0v) is 15.4. The van der Waals surface area contributed by atoms with Crippen molar-refractivity contribution in [3.8, 4) is 0 Å². The molecule has 1 aromatic heterocycles. The Morgan fingerprint density at radius 2 is 1.81 bits per heavy atom. The van der Waals surface area contributed by atoms with Crippen LogP contribution in [0.3, 0.4) is 0 Å². The molecule has 0 bridgehead atoms. The van der Waals surface area contributed by atoms with Crippen LogP contribution in [0.25, 0.3) is 0 Å². The summed E-state index contributed by atoms with van der Waals surface area (Å²) in [6, 6.07) is 9.36. The number of rotatable bonds is 5. The summed E-state index contributed by atoms with van der Waals surface area (Å²) >= 11 is 0. The van der Waals surface area contributed by atoms with Crippen LogP contribution in [0.2, 0.25) is 0 Å². The molecule has 26 heavy (non-hydrogen) atoms. The maximum Gasteiger partial charge on any atom is 0.276 e. The molecule has 3 rings (SSSR count). The van der Waals surface area contributed by atoms with Crippen molar-refractivity contribution >= 4 is 23.3 Å². The first-order valence-electron chi connectivity index (χ1n) is 9.32. The van der Waals surface area contributed by atoms with E-state index >= 15 is 0 Å². The molecule has 2 aromatic rings. The lowest BCUT2D eigenvalue weighted by atomic mass is 9.89. The molecule has 6 nitrogen and oxygen atoms in total. The fraction of sp³-hybridized carbons (Fsp3) is 0.450. The van der Waals surface area contributed by atoms with Crippen molar-refractivity contribution in [3.05, 3.63) is 41.6 Å². The fourth-order valence-corrected chi connectivity index (χ4v) is 3.31. The van der Waals surface area contributed by atoms with Gasteiger partial charge in [-0.15, -0.1) is 0 Å². The van der Waals surface area contributed by atoms with Gasteiger partial charge in [-0.25, -0.2) is 0 Å². The lowest BCUT2D eigenvalue weighted by Crippen LogP contribution is -2.25. The number of anilines is 2. The first kappa shape index (κ1) is 18.2. The minimum Gasteiger partial charge on any atom is -0.321 e. The molecular formula is C20H26N4O2. The molecule has 1 aliphatic carbocycles. The minimum absolute atomic E-state index is 0.0230. The first-order chi connectivity index (χ1) is 12.6. The molecule has 1 aliphatic rings. The quantitative estimate of drug-likeness (QED) is 0.858. The number of nitrogens with one attached hydrogen (secondary N) is 2. The van der Waals surface area contributed by atoms with Gasteiger partial charge in [0.2, 0.25) is 5.91 Å². The number of aryl methyl sites for hydroxylation is 2. The van der Waals surface area contributed by atoms with Crippen LogP contribution in [-0.4, -0.2) is 21.6 Å². The number of amides is 2. The second-order valence-corrected chi connectivity index (χ2v) is 6.87. The zero-order chi connectivity index (χ0) is 18.5. The highest BCUT2D eigenvalue weighted by Crippen LogP contribution is 2.25. The Balaban J connectivity index is 1.64. The number of benzene rings is 1. The van der Waals surface area contributed by atoms with E-state index in [4.69, 9.17) is 0 Å². The molecule has 0 unspecified atom stereocenters. The Labute approximate surface area is 154 Å². The first-order valence-corrected chi connectivity index (χ1v) is 9.32. The molecule has 2 amide bonds. The number of hydrogen-bond donors (Lipinski definition) is 2. The second kappa shape index (κ2) is 8.17. The summed E-state index contributed by atoms with van der Waals surface area (Å²) in [7, 11) is 1.73. The third kappa shape index (κ3) is 4.31. The molecule has 2 N–H and O–H groups in total. The summed E-state index contributed by atoms with van der Waals surface area (Å²) in [6.07, 6.45) is 6.25. The van der Waals surface area contributed by atoms with Gasteiger partial charge in [-0.1, -0.05) is 38.3 Å². The van der Waals surface area contributed by atoms with Crippen LogP contribution in [0.4, 0.5) is 11.5 Å². The predicted octanol–water partition coefficient (Wildman–Crippen LogP) is 3.75. The maximum absolute atomic E-state index is 12.4. The maximum atomic E-state index is 12.4. The van der Waals surface area contributed by atoms with Crippen molar-refractivity contribution in [2.75, 3.05) is 10.6 Å². The lowest BCUT2D eigenvalue weighted by molar-refractivity contribution is -0.120. The molecule has 6 heteroatoms. The molecule has 0 spiro atoms. The van der Waals surface area contributed by atoms with E-state index in [0.717, 1.165) is 37.8 Å². The minimum atomic E-state index is -0.289. The van der Waals surface area contributed by atoms with Crippen molar-refractivity contribution in [1.82, 2.24) is 9.78 Å². The van der Waals surface area contributed by atoms with Crippen LogP contribution in [-0.2, 0) is 18.3 Å². The van der Waals surface area contributed by atoms with Crippen LogP contribution in [0.1, 0.15) is 55.1 Å². The predicted molar refractivity (Wildman–Crippen MR) is 102 cm³/mol. The standard InChI is InChI=1S/C20H26N4O2/c1-3-14-9-11-16(12-10-14)21-20(26)17-13-18(24(2)23-17)22-19(25)15-7-5-4-6-8-15/h9-13,15H,3-8H2,1-2H3,(H,21,26)(H,22,25). The van der Waals surface area contributed by atoms with E-state index in [1.807, 2.05) is 24.3 Å². The molecule has 0 aliphatic heterocycles. The monoisotopic (exact) mass is 354 g/mol. The van der Waals surface area contributed by atoms with Gasteiger partial charge in [0.25, 0.3) is 5.91 Å². The Bertz CT molecular complexity index is 774. The van der Waals surface area contributed by atoms with E-state index in [9.17, 15) is 9.59 Å². The molecule has 0 radical (unpaired) electrons. The molecule has 1 saturated carbocycles. The van der Waals surface area contributed by atoms with Gasteiger partial charge in [0.05, 0.1) is 0 Å². The smallest absolute Gasteiger partial charge is 0.276 e. The van der Waals surface area contributed by atoms with Crippen molar-refractivity contribution < 1.29 is 9.59 Å². The Hall–Kier alpha value is -2.63. The van der Waals surface area contributed by atoms with Crippen LogP contribution >= 0.6 is 0 Å². The number of carbonyl (C=O) groups is 2. The van der Waals surface area contributed by atoms with E-state index in [1.54, 1.807) is 13.1 Å². The van der Waals surface area contributed by atoms with Gasteiger partial charge >= 0.3 is 0 Å². The fourth-order valence-electron chi connectivity index (χ4n) is 3.31. The van der Waals surface area contributed by atoms with Crippen molar-refractivity contribution in [3.63, 3.8) is 0 Å². The van der Waals surface area contributed by atoms with Gasteiger partial charge in [0.1, 0.15) is 5.82 Å². The number of aromatic nitrogens is 2. The van der Waals surface area contributed by atoms with Gasteiger partial charge in [-0.2, -0.15) is 5.10 Å². The number of hydrogen-bond acceptors (Lipinski definition) is 3. The van der Waals surface area contributed by atoms with Gasteiger partial charge in [0.15, 0.2) is 5.69 Å². The largest absolute Gasteiger partial charge is 0.321 e. The normalized spacial score (nSPS) is 14.8. The van der Waals surface area contributed by atoms with E-state index in [-0.39, 0.29) is 23.4 Å². The molecule has 138 valence electrons. The average molecular weight is 354 g/mol. The Morgan fingerprint density at radius 3 is 2.46 bits per heavy atom. The van der Waals surface area contributed by atoms with E-state index in [1.165, 1.54) is 16.7 Å². The van der Waals surface area contributed by atoms with E-state index in [0.29, 0.717) is 5.82 Å². The topological polar surface area (TPSA) is 76.0 Å². The highest BCUT2D eigenvalue weighted by atomic mass is 16.2. The molecule has 1 aromatic carbocycles. The molecule has 0 saturated heterocycles. The highest BCUT2D eigenvalue weighted by molar-refractivity contribution is 6.04. The van der Waals surface area contributed by atoms with Crippen molar-refractivity contribution in [2.45, 2.75) is 45.4 Å². The van der Waals surface area contributed by atoms with Gasteiger partial charge < -0.3 is 10.6 Å². The Kier molecular flexibility index (Phi) is 5.71. The summed E-state index contributed by atoms with van der Waals surface area (Å²) in [6.45, 7) is 2.09. The molecule has 1 fully saturated rings. The molecular weight excluding hydrogens is 328 g/mol. The summed E-state index contributed by atoms with van der Waals surface area (Å²) in [5.74, 6) is 0.345. The van der Waals surface area contributed by atoms with Gasteiger partial charge in [0, 0.05) is 24.7 Å². The SMILES string of the molecule is CCc1ccc(NC(=O)c2cc(NC(=O)C3CCCCC3)n(C)n2)cc1. The van der Waals surface area contributed by atoms with Crippen molar-refractivity contribution in [2.24, 2.45) is 13.0 Å². The third-order valence-corrected chi connectivity index (χ3v) is 4.96. The number of nitrogens with zero attached hydrogens (tertiary/aromatic N) is 2. The summed E-state index contributed by atoms with van der Waals surface area (Å²) < 4.78 is 1.54. The van der Waals surface area contributed by atoms with Crippen LogP contribution in [0.15, 0.2) is 30.3 Å². The van der Waals surface area contributed by atoms with E-state index < -0.39 is 0 Å². The highest BCUT2D eigenvalue weighted by Gasteiger charge is 2.22. The Morgan fingerprint density at radius 1 is 1.12 bits per heavy atom. The van der Waals surface area contributed by atoms with Crippen LogP contribution in [0.5, 0.6) is 0 Å². The van der Waals surface area contributed by atoms with Crippen molar-refractivity contribution in [1.29, 1.82) is 0 Å².